The Hall–Kier alpha value is -0.940. The van der Waals surface area contributed by atoms with Crippen LogP contribution in [0.3, 0.4) is 0 Å². The van der Waals surface area contributed by atoms with Crippen molar-refractivity contribution in [2.45, 2.75) is 77.5 Å². The molecule has 1 N–H and O–H groups in total. The molecule has 3 heterocycles. The van der Waals surface area contributed by atoms with Crippen molar-refractivity contribution in [3.63, 3.8) is 0 Å². The second-order valence-electron chi connectivity index (χ2n) is 8.46. The number of hydrogen-bond acceptors (Lipinski definition) is 5. The summed E-state index contributed by atoms with van der Waals surface area (Å²) in [7, 11) is 0. The maximum Gasteiger partial charge on any atom is 0.159 e. The summed E-state index contributed by atoms with van der Waals surface area (Å²) in [5.74, 6) is 3.19. The summed E-state index contributed by atoms with van der Waals surface area (Å²) in [4.78, 5) is 7.35. The largest absolute Gasteiger partial charge is 0.464 e. The van der Waals surface area contributed by atoms with Crippen LogP contribution in [0.25, 0.3) is 0 Å². The molecular weight excluding hydrogens is 318 g/mol. The Balaban J connectivity index is 1.87. The zero-order valence-corrected chi connectivity index (χ0v) is 16.5. The van der Waals surface area contributed by atoms with Gasteiger partial charge in [-0.3, -0.25) is 4.99 Å². The van der Waals surface area contributed by atoms with Crippen LogP contribution < -0.4 is 5.32 Å². The van der Waals surface area contributed by atoms with Gasteiger partial charge in [-0.05, 0) is 66.0 Å². The van der Waals surface area contributed by atoms with Gasteiger partial charge in [-0.15, -0.1) is 0 Å². The van der Waals surface area contributed by atoms with Crippen molar-refractivity contribution in [2.24, 2.45) is 4.99 Å². The van der Waals surface area contributed by atoms with Gasteiger partial charge < -0.3 is 14.6 Å². The minimum atomic E-state index is 0.129. The quantitative estimate of drug-likeness (QED) is 0.888. The van der Waals surface area contributed by atoms with Crippen LogP contribution in [0.5, 0.6) is 0 Å². The molecule has 2 aliphatic rings. The third-order valence-corrected chi connectivity index (χ3v) is 5.87. The molecule has 0 amide bonds. The predicted octanol–water partition coefficient (Wildman–Crippen LogP) is 4.19. The molecule has 1 fully saturated rings. The van der Waals surface area contributed by atoms with E-state index in [0.29, 0.717) is 6.04 Å². The number of thioether (sulfide) groups is 1. The van der Waals surface area contributed by atoms with Crippen molar-refractivity contribution >= 4 is 16.9 Å². The first kappa shape index (κ1) is 17.9. The molecule has 1 aromatic heterocycles. The normalized spacial score (nSPS) is 23.8. The van der Waals surface area contributed by atoms with Gasteiger partial charge in [-0.25, -0.2) is 0 Å². The van der Waals surface area contributed by atoms with Gasteiger partial charge in [0.1, 0.15) is 11.5 Å². The van der Waals surface area contributed by atoms with Crippen LogP contribution in [0, 0.1) is 6.92 Å². The van der Waals surface area contributed by atoms with Gasteiger partial charge in [0.15, 0.2) is 5.17 Å². The van der Waals surface area contributed by atoms with Crippen molar-refractivity contribution in [3.05, 3.63) is 23.7 Å². The van der Waals surface area contributed by atoms with Crippen LogP contribution in [0.15, 0.2) is 21.5 Å². The van der Waals surface area contributed by atoms with Crippen molar-refractivity contribution in [1.29, 1.82) is 0 Å². The van der Waals surface area contributed by atoms with Crippen LogP contribution >= 0.6 is 11.8 Å². The second-order valence-corrected chi connectivity index (χ2v) is 9.52. The molecular formula is C19H31N3OS. The Labute approximate surface area is 150 Å². The van der Waals surface area contributed by atoms with Crippen molar-refractivity contribution in [1.82, 2.24) is 10.2 Å². The fourth-order valence-corrected chi connectivity index (χ4v) is 5.22. The van der Waals surface area contributed by atoms with Crippen LogP contribution in [-0.2, 0) is 6.54 Å². The van der Waals surface area contributed by atoms with Crippen LogP contribution in [0.1, 0.15) is 58.5 Å². The van der Waals surface area contributed by atoms with E-state index in [9.17, 15) is 0 Å². The van der Waals surface area contributed by atoms with Gasteiger partial charge in [0, 0.05) is 29.4 Å². The van der Waals surface area contributed by atoms with E-state index in [-0.39, 0.29) is 11.1 Å². The lowest BCUT2D eigenvalue weighted by Crippen LogP contribution is -2.62. The third kappa shape index (κ3) is 4.37. The fourth-order valence-electron chi connectivity index (χ4n) is 4.20. The van der Waals surface area contributed by atoms with E-state index in [1.807, 2.05) is 18.7 Å². The topological polar surface area (TPSA) is 40.8 Å². The summed E-state index contributed by atoms with van der Waals surface area (Å²) in [5.41, 5.74) is 0.257. The first-order chi connectivity index (χ1) is 11.2. The first-order valence-electron chi connectivity index (χ1n) is 9.03. The highest BCUT2D eigenvalue weighted by Crippen LogP contribution is 2.34. The number of nitrogens with one attached hydrogen (secondary N) is 1. The third-order valence-electron chi connectivity index (χ3n) is 4.76. The molecule has 3 rings (SSSR count). The standard InChI is InChI=1S/C19H31N3OS/c1-14-7-8-16(23-14)13-22(17-20-9-6-10-24-17)15-11-18(2,3)21-19(4,5)12-15/h7-8,15,21H,6,9-13H2,1-5H3. The van der Waals surface area contributed by atoms with E-state index < -0.39 is 0 Å². The van der Waals surface area contributed by atoms with Gasteiger partial charge in [-0.1, -0.05) is 11.8 Å². The molecule has 1 saturated heterocycles. The number of aryl methyl sites for hydroxylation is 1. The molecule has 24 heavy (non-hydrogen) atoms. The second kappa shape index (κ2) is 6.75. The fraction of sp³-hybridized carbons (Fsp3) is 0.737. The van der Waals surface area contributed by atoms with E-state index in [2.05, 4.69) is 50.0 Å². The maximum atomic E-state index is 5.88. The minimum Gasteiger partial charge on any atom is -0.464 e. The number of furan rings is 1. The predicted molar refractivity (Wildman–Crippen MR) is 103 cm³/mol. The van der Waals surface area contributed by atoms with Gasteiger partial charge >= 0.3 is 0 Å². The monoisotopic (exact) mass is 349 g/mol. The van der Waals surface area contributed by atoms with Crippen LogP contribution in [-0.4, -0.2) is 39.5 Å². The van der Waals surface area contributed by atoms with Crippen molar-refractivity contribution in [2.75, 3.05) is 12.3 Å². The van der Waals surface area contributed by atoms with Crippen LogP contribution in [0.2, 0.25) is 0 Å². The molecule has 1 aromatic rings. The molecule has 0 bridgehead atoms. The van der Waals surface area contributed by atoms with E-state index in [1.54, 1.807) is 0 Å². The Morgan fingerprint density at radius 3 is 2.50 bits per heavy atom. The molecule has 0 saturated carbocycles. The lowest BCUT2D eigenvalue weighted by atomic mass is 9.79. The lowest BCUT2D eigenvalue weighted by Gasteiger charge is -2.50. The molecule has 134 valence electrons. The molecule has 0 radical (unpaired) electrons. The van der Waals surface area contributed by atoms with E-state index in [1.165, 1.54) is 17.3 Å². The highest BCUT2D eigenvalue weighted by Gasteiger charge is 2.41. The number of piperidine rings is 1. The Morgan fingerprint density at radius 2 is 1.96 bits per heavy atom. The Morgan fingerprint density at radius 1 is 1.25 bits per heavy atom. The zero-order chi connectivity index (χ0) is 17.4. The average molecular weight is 350 g/mol. The van der Waals surface area contributed by atoms with Crippen molar-refractivity contribution < 1.29 is 4.42 Å². The van der Waals surface area contributed by atoms with Gasteiger partial charge in [-0.2, -0.15) is 0 Å². The molecule has 2 aliphatic heterocycles. The summed E-state index contributed by atoms with van der Waals surface area (Å²) >= 11 is 1.91. The highest BCUT2D eigenvalue weighted by atomic mass is 32.2. The van der Waals surface area contributed by atoms with Gasteiger partial charge in [0.05, 0.1) is 6.54 Å². The molecule has 4 nitrogen and oxygen atoms in total. The number of rotatable bonds is 3. The van der Waals surface area contributed by atoms with Gasteiger partial charge in [0.25, 0.3) is 0 Å². The smallest absolute Gasteiger partial charge is 0.159 e. The summed E-state index contributed by atoms with van der Waals surface area (Å²) in [6, 6.07) is 4.64. The summed E-state index contributed by atoms with van der Waals surface area (Å²) in [6.45, 7) is 13.0. The minimum absolute atomic E-state index is 0.129. The molecule has 5 heteroatoms. The SMILES string of the molecule is Cc1ccc(CN(C2=NCCCS2)C2CC(C)(C)NC(C)(C)C2)o1. The van der Waals surface area contributed by atoms with Crippen molar-refractivity contribution in [3.8, 4) is 0 Å². The molecule has 0 spiro atoms. The Kier molecular flexibility index (Phi) is 5.03. The highest BCUT2D eigenvalue weighted by molar-refractivity contribution is 8.13. The van der Waals surface area contributed by atoms with Gasteiger partial charge in [0.2, 0.25) is 0 Å². The van der Waals surface area contributed by atoms with E-state index >= 15 is 0 Å². The average Bonchev–Trinajstić information content (AvgIpc) is 2.88. The Bertz CT molecular complexity index is 590. The summed E-state index contributed by atoms with van der Waals surface area (Å²) in [5, 5.41) is 4.99. The number of aliphatic imine (C=N–C) groups is 1. The number of hydrogen-bond donors (Lipinski definition) is 1. The summed E-state index contributed by atoms with van der Waals surface area (Å²) in [6.07, 6.45) is 3.43. The van der Waals surface area contributed by atoms with Crippen LogP contribution in [0.4, 0.5) is 0 Å². The molecule has 0 atom stereocenters. The van der Waals surface area contributed by atoms with E-state index in [0.717, 1.165) is 37.5 Å². The molecule has 0 aromatic carbocycles. The number of amidine groups is 1. The lowest BCUT2D eigenvalue weighted by molar-refractivity contribution is 0.0983. The number of nitrogens with zero attached hydrogens (tertiary/aromatic N) is 2. The van der Waals surface area contributed by atoms with E-state index in [4.69, 9.17) is 9.41 Å². The maximum absolute atomic E-state index is 5.88. The zero-order valence-electron chi connectivity index (χ0n) is 15.7. The molecule has 0 aliphatic carbocycles. The summed E-state index contributed by atoms with van der Waals surface area (Å²) < 4.78 is 5.88. The molecule has 0 unspecified atom stereocenters. The first-order valence-corrected chi connectivity index (χ1v) is 10.0.